The highest BCUT2D eigenvalue weighted by Gasteiger charge is 2.18. The molecule has 0 bridgehead atoms. The second-order valence-corrected chi connectivity index (χ2v) is 6.35. The lowest BCUT2D eigenvalue weighted by atomic mass is 10.1. The zero-order valence-corrected chi connectivity index (χ0v) is 16.9. The van der Waals surface area contributed by atoms with Gasteiger partial charge in [-0.3, -0.25) is 4.79 Å². The molecule has 1 saturated heterocycles. The lowest BCUT2D eigenvalue weighted by molar-refractivity contribution is 0.0940. The lowest BCUT2D eigenvalue weighted by Crippen LogP contribution is -2.37. The number of ether oxygens (including phenoxy) is 4. The predicted molar refractivity (Wildman–Crippen MR) is 107 cm³/mol. The minimum atomic E-state index is -0.296. The molecule has 3 rings (SSSR count). The van der Waals surface area contributed by atoms with E-state index in [0.29, 0.717) is 48.5 Å². The molecule has 2 aromatic rings. The van der Waals surface area contributed by atoms with E-state index in [1.165, 1.54) is 14.2 Å². The summed E-state index contributed by atoms with van der Waals surface area (Å²) >= 11 is 0. The molecule has 1 aromatic heterocycles. The molecule has 1 aromatic carbocycles. The minimum Gasteiger partial charge on any atom is -0.496 e. The van der Waals surface area contributed by atoms with Gasteiger partial charge in [0.15, 0.2) is 0 Å². The van der Waals surface area contributed by atoms with Crippen molar-refractivity contribution >= 4 is 11.7 Å². The first-order valence-corrected chi connectivity index (χ1v) is 9.42. The Hall–Kier alpha value is -3.07. The van der Waals surface area contributed by atoms with Gasteiger partial charge in [-0.05, 0) is 19.1 Å². The van der Waals surface area contributed by atoms with Crippen LogP contribution < -0.4 is 24.4 Å². The maximum atomic E-state index is 12.6. The van der Waals surface area contributed by atoms with Gasteiger partial charge in [0, 0.05) is 19.2 Å². The van der Waals surface area contributed by atoms with E-state index in [9.17, 15) is 4.79 Å². The normalized spacial score (nSPS) is 13.7. The predicted octanol–water partition coefficient (Wildman–Crippen LogP) is 1.45. The fourth-order valence-corrected chi connectivity index (χ4v) is 3.04. The number of nitrogens with zero attached hydrogens (tertiary/aromatic N) is 3. The van der Waals surface area contributed by atoms with Crippen LogP contribution in [0, 0.1) is 6.92 Å². The Morgan fingerprint density at radius 3 is 2.52 bits per heavy atom. The van der Waals surface area contributed by atoms with Crippen LogP contribution in [0.2, 0.25) is 0 Å². The third-order valence-corrected chi connectivity index (χ3v) is 4.43. The maximum absolute atomic E-state index is 12.6. The van der Waals surface area contributed by atoms with Crippen molar-refractivity contribution < 1.29 is 23.7 Å². The van der Waals surface area contributed by atoms with E-state index in [-0.39, 0.29) is 12.5 Å². The van der Waals surface area contributed by atoms with Crippen molar-refractivity contribution in [1.29, 1.82) is 0 Å². The van der Waals surface area contributed by atoms with Crippen LogP contribution in [0.15, 0.2) is 24.3 Å². The second-order valence-electron chi connectivity index (χ2n) is 6.35. The van der Waals surface area contributed by atoms with Gasteiger partial charge in [-0.15, -0.1) is 0 Å². The van der Waals surface area contributed by atoms with Crippen LogP contribution in [0.25, 0.3) is 0 Å². The number of aromatic nitrogens is 2. The SMILES string of the molecule is COc1cccc(OC)c1C(=O)NCCOc1cc(N2CCOCC2)nc(C)n1. The summed E-state index contributed by atoms with van der Waals surface area (Å²) < 4.78 is 21.6. The summed E-state index contributed by atoms with van der Waals surface area (Å²) in [6.45, 7) is 5.32. The Kier molecular flexibility index (Phi) is 7.07. The number of rotatable bonds is 8. The topological polar surface area (TPSA) is 95.0 Å². The number of hydrogen-bond donors (Lipinski definition) is 1. The molecule has 1 aliphatic rings. The van der Waals surface area contributed by atoms with Gasteiger partial charge in [0.25, 0.3) is 5.91 Å². The quantitative estimate of drug-likeness (QED) is 0.663. The highest BCUT2D eigenvalue weighted by Crippen LogP contribution is 2.27. The second kappa shape index (κ2) is 9.92. The molecule has 0 atom stereocenters. The van der Waals surface area contributed by atoms with Gasteiger partial charge in [0.1, 0.15) is 35.3 Å². The van der Waals surface area contributed by atoms with E-state index in [1.807, 2.05) is 13.0 Å². The van der Waals surface area contributed by atoms with E-state index in [1.54, 1.807) is 18.2 Å². The maximum Gasteiger partial charge on any atom is 0.258 e. The fraction of sp³-hybridized carbons (Fsp3) is 0.450. The molecule has 9 nitrogen and oxygen atoms in total. The minimum absolute atomic E-state index is 0.266. The molecule has 1 N–H and O–H groups in total. The molecule has 156 valence electrons. The van der Waals surface area contributed by atoms with Crippen LogP contribution in [0.3, 0.4) is 0 Å². The van der Waals surface area contributed by atoms with Gasteiger partial charge >= 0.3 is 0 Å². The third-order valence-electron chi connectivity index (χ3n) is 4.43. The van der Waals surface area contributed by atoms with Crippen molar-refractivity contribution in [2.24, 2.45) is 0 Å². The van der Waals surface area contributed by atoms with Crippen LogP contribution in [0.5, 0.6) is 17.4 Å². The fourth-order valence-electron chi connectivity index (χ4n) is 3.04. The van der Waals surface area contributed by atoms with Gasteiger partial charge < -0.3 is 29.2 Å². The van der Waals surface area contributed by atoms with Crippen molar-refractivity contribution in [1.82, 2.24) is 15.3 Å². The largest absolute Gasteiger partial charge is 0.496 e. The Labute approximate surface area is 169 Å². The summed E-state index contributed by atoms with van der Waals surface area (Å²) in [7, 11) is 3.02. The number of amides is 1. The Bertz CT molecular complexity index is 817. The van der Waals surface area contributed by atoms with Gasteiger partial charge in [-0.1, -0.05) is 6.07 Å². The van der Waals surface area contributed by atoms with Crippen LogP contribution >= 0.6 is 0 Å². The molecule has 0 radical (unpaired) electrons. The molecule has 1 fully saturated rings. The first-order chi connectivity index (χ1) is 14.1. The summed E-state index contributed by atoms with van der Waals surface area (Å²) in [6.07, 6.45) is 0. The summed E-state index contributed by atoms with van der Waals surface area (Å²) in [5, 5.41) is 2.82. The molecule has 2 heterocycles. The zero-order valence-electron chi connectivity index (χ0n) is 16.9. The average molecular weight is 402 g/mol. The van der Waals surface area contributed by atoms with Crippen LogP contribution in [0.1, 0.15) is 16.2 Å². The number of benzene rings is 1. The monoisotopic (exact) mass is 402 g/mol. The Morgan fingerprint density at radius 2 is 1.86 bits per heavy atom. The summed E-state index contributed by atoms with van der Waals surface area (Å²) in [6, 6.07) is 7.00. The molecule has 0 unspecified atom stereocenters. The van der Waals surface area contributed by atoms with Crippen molar-refractivity contribution in [2.75, 3.05) is 58.6 Å². The van der Waals surface area contributed by atoms with Crippen LogP contribution in [-0.4, -0.2) is 69.5 Å². The Morgan fingerprint density at radius 1 is 1.17 bits per heavy atom. The molecular weight excluding hydrogens is 376 g/mol. The standard InChI is InChI=1S/C20H26N4O5/c1-14-22-17(24-8-11-28-12-9-24)13-18(23-14)29-10-7-21-20(25)19-15(26-2)5-4-6-16(19)27-3/h4-6,13H,7-12H2,1-3H3,(H,21,25). The number of carbonyl (C=O) groups is 1. The average Bonchev–Trinajstić information content (AvgIpc) is 2.76. The van der Waals surface area contributed by atoms with Crippen molar-refractivity contribution in [3.05, 3.63) is 35.7 Å². The molecule has 9 heteroatoms. The van der Waals surface area contributed by atoms with Crippen molar-refractivity contribution in [3.8, 4) is 17.4 Å². The molecule has 0 spiro atoms. The van der Waals surface area contributed by atoms with Crippen molar-refractivity contribution in [2.45, 2.75) is 6.92 Å². The van der Waals surface area contributed by atoms with Crippen LogP contribution in [-0.2, 0) is 4.74 Å². The number of methoxy groups -OCH3 is 2. The number of hydrogen-bond acceptors (Lipinski definition) is 8. The molecule has 0 saturated carbocycles. The van der Waals surface area contributed by atoms with E-state index in [2.05, 4.69) is 20.2 Å². The van der Waals surface area contributed by atoms with E-state index >= 15 is 0 Å². The zero-order chi connectivity index (χ0) is 20.6. The highest BCUT2D eigenvalue weighted by atomic mass is 16.5. The first-order valence-electron chi connectivity index (χ1n) is 9.42. The lowest BCUT2D eigenvalue weighted by Gasteiger charge is -2.28. The number of nitrogens with one attached hydrogen (secondary N) is 1. The molecular formula is C20H26N4O5. The molecule has 0 aliphatic carbocycles. The van der Waals surface area contributed by atoms with Gasteiger partial charge in [-0.2, -0.15) is 4.98 Å². The Balaban J connectivity index is 1.57. The number of carbonyl (C=O) groups excluding carboxylic acids is 1. The van der Waals surface area contributed by atoms with E-state index in [4.69, 9.17) is 18.9 Å². The number of aryl methyl sites for hydroxylation is 1. The summed E-state index contributed by atoms with van der Waals surface area (Å²) in [5.74, 6) is 2.53. The van der Waals surface area contributed by atoms with Crippen molar-refractivity contribution in [3.63, 3.8) is 0 Å². The smallest absolute Gasteiger partial charge is 0.258 e. The van der Waals surface area contributed by atoms with Gasteiger partial charge in [-0.25, -0.2) is 4.98 Å². The molecule has 1 aliphatic heterocycles. The van der Waals surface area contributed by atoms with Gasteiger partial charge in [0.05, 0.1) is 34.0 Å². The molecule has 1 amide bonds. The number of anilines is 1. The summed E-state index contributed by atoms with van der Waals surface area (Å²) in [5.41, 5.74) is 0.352. The van der Waals surface area contributed by atoms with Gasteiger partial charge in [0.2, 0.25) is 5.88 Å². The van der Waals surface area contributed by atoms with E-state index < -0.39 is 0 Å². The first kappa shape index (κ1) is 20.7. The summed E-state index contributed by atoms with van der Waals surface area (Å²) in [4.78, 5) is 23.5. The van der Waals surface area contributed by atoms with Crippen LogP contribution in [0.4, 0.5) is 5.82 Å². The number of morpholine rings is 1. The van der Waals surface area contributed by atoms with E-state index in [0.717, 1.165) is 18.9 Å². The molecule has 29 heavy (non-hydrogen) atoms. The third kappa shape index (κ3) is 5.26. The highest BCUT2D eigenvalue weighted by molar-refractivity contribution is 5.99.